The molecule has 0 bridgehead atoms. The van der Waals surface area contributed by atoms with Crippen LogP contribution in [-0.4, -0.2) is 40.8 Å². The summed E-state index contributed by atoms with van der Waals surface area (Å²) >= 11 is 1.19. The Bertz CT molecular complexity index is 935. The van der Waals surface area contributed by atoms with E-state index in [2.05, 4.69) is 10.3 Å². The van der Waals surface area contributed by atoms with Gasteiger partial charge in [0.2, 0.25) is 11.8 Å². The fourth-order valence-corrected chi connectivity index (χ4v) is 4.09. The second-order valence-electron chi connectivity index (χ2n) is 6.39. The maximum Gasteiger partial charge on any atom is 0.242 e. The van der Waals surface area contributed by atoms with Crippen LogP contribution in [0, 0.1) is 5.82 Å². The minimum absolute atomic E-state index is 0.0158. The number of amides is 2. The Hall–Kier alpha value is -2.87. The lowest BCUT2D eigenvalue weighted by atomic mass is 10.2. The Balaban J connectivity index is 1.75. The van der Waals surface area contributed by atoms with Gasteiger partial charge in [-0.2, -0.15) is 0 Å². The lowest BCUT2D eigenvalue weighted by molar-refractivity contribution is -0.128. The van der Waals surface area contributed by atoms with Crippen molar-refractivity contribution in [1.82, 2.24) is 4.90 Å². The second-order valence-corrected chi connectivity index (χ2v) is 7.56. The van der Waals surface area contributed by atoms with Crippen molar-refractivity contribution in [2.75, 3.05) is 19.0 Å². The van der Waals surface area contributed by atoms with Gasteiger partial charge < -0.3 is 10.1 Å². The number of methoxy groups -OCH3 is 1. The third-order valence-corrected chi connectivity index (χ3v) is 5.46. The highest BCUT2D eigenvalue weighted by molar-refractivity contribution is 8.15. The predicted molar refractivity (Wildman–Crippen MR) is 113 cm³/mol. The Kier molecular flexibility index (Phi) is 6.87. The Morgan fingerprint density at radius 2 is 1.97 bits per heavy atom. The molecule has 1 N–H and O–H groups in total. The molecule has 1 aliphatic rings. The SMILES string of the molecule is CCCN1C(=O)[C@@H](CC(=O)Nc2ccccc2OC)SC1=Nc1ccccc1F. The third kappa shape index (κ3) is 4.95. The van der Waals surface area contributed by atoms with Gasteiger partial charge in [-0.05, 0) is 30.7 Å². The maximum atomic E-state index is 14.0. The van der Waals surface area contributed by atoms with Crippen LogP contribution in [0.15, 0.2) is 53.5 Å². The molecule has 152 valence electrons. The molecular formula is C21H22FN3O3S. The van der Waals surface area contributed by atoms with Crippen LogP contribution in [0.4, 0.5) is 15.8 Å². The highest BCUT2D eigenvalue weighted by atomic mass is 32.2. The van der Waals surface area contributed by atoms with E-state index < -0.39 is 11.1 Å². The number of carbonyl (C=O) groups excluding carboxylic acids is 2. The van der Waals surface area contributed by atoms with Gasteiger partial charge in [0, 0.05) is 13.0 Å². The van der Waals surface area contributed by atoms with Gasteiger partial charge in [0.1, 0.15) is 22.5 Å². The Labute approximate surface area is 173 Å². The first-order chi connectivity index (χ1) is 14.0. The van der Waals surface area contributed by atoms with E-state index >= 15 is 0 Å². The molecule has 6 nitrogen and oxygen atoms in total. The number of thioether (sulfide) groups is 1. The van der Waals surface area contributed by atoms with Crippen LogP contribution in [0.2, 0.25) is 0 Å². The zero-order valence-electron chi connectivity index (χ0n) is 16.2. The number of nitrogens with zero attached hydrogens (tertiary/aromatic N) is 2. The summed E-state index contributed by atoms with van der Waals surface area (Å²) in [5.74, 6) is -0.409. The van der Waals surface area contributed by atoms with Crippen LogP contribution < -0.4 is 10.1 Å². The molecule has 0 aromatic heterocycles. The van der Waals surface area contributed by atoms with Crippen molar-refractivity contribution in [1.29, 1.82) is 0 Å². The van der Waals surface area contributed by atoms with Crippen molar-refractivity contribution >= 4 is 40.1 Å². The molecule has 0 aliphatic carbocycles. The second kappa shape index (κ2) is 9.56. The Morgan fingerprint density at radius 1 is 1.24 bits per heavy atom. The van der Waals surface area contributed by atoms with E-state index in [0.29, 0.717) is 23.1 Å². The van der Waals surface area contributed by atoms with Gasteiger partial charge in [-0.15, -0.1) is 0 Å². The van der Waals surface area contributed by atoms with Crippen LogP contribution in [0.5, 0.6) is 5.75 Å². The fourth-order valence-electron chi connectivity index (χ4n) is 2.92. The molecule has 29 heavy (non-hydrogen) atoms. The van der Waals surface area contributed by atoms with Gasteiger partial charge in [0.15, 0.2) is 5.17 Å². The molecule has 1 heterocycles. The molecule has 1 fully saturated rings. The largest absolute Gasteiger partial charge is 0.495 e. The molecular weight excluding hydrogens is 393 g/mol. The number of carbonyl (C=O) groups is 2. The number of benzene rings is 2. The quantitative estimate of drug-likeness (QED) is 0.736. The molecule has 1 aliphatic heterocycles. The number of rotatable bonds is 7. The number of nitrogens with one attached hydrogen (secondary N) is 1. The summed E-state index contributed by atoms with van der Waals surface area (Å²) < 4.78 is 19.2. The first-order valence-corrected chi connectivity index (χ1v) is 10.2. The van der Waals surface area contributed by atoms with E-state index in [4.69, 9.17) is 4.74 Å². The summed E-state index contributed by atoms with van der Waals surface area (Å²) in [6, 6.07) is 13.2. The number of para-hydroxylation sites is 3. The number of halogens is 1. The number of ether oxygens (including phenoxy) is 1. The van der Waals surface area contributed by atoms with Crippen molar-refractivity contribution in [2.45, 2.75) is 25.0 Å². The number of hydrogen-bond acceptors (Lipinski definition) is 5. The molecule has 8 heteroatoms. The molecule has 0 radical (unpaired) electrons. The fraction of sp³-hybridized carbons (Fsp3) is 0.286. The zero-order chi connectivity index (χ0) is 20.8. The van der Waals surface area contributed by atoms with Gasteiger partial charge >= 0.3 is 0 Å². The molecule has 0 spiro atoms. The molecule has 0 saturated carbocycles. The Morgan fingerprint density at radius 3 is 2.69 bits per heavy atom. The normalized spacial score (nSPS) is 17.6. The van der Waals surface area contributed by atoms with E-state index in [-0.39, 0.29) is 23.9 Å². The average Bonchev–Trinajstić information content (AvgIpc) is 2.99. The van der Waals surface area contributed by atoms with Crippen LogP contribution in [0.3, 0.4) is 0 Å². The maximum absolute atomic E-state index is 14.0. The molecule has 0 unspecified atom stereocenters. The van der Waals surface area contributed by atoms with Crippen LogP contribution in [-0.2, 0) is 9.59 Å². The summed E-state index contributed by atoms with van der Waals surface area (Å²) in [5.41, 5.74) is 0.712. The molecule has 3 rings (SSSR count). The van der Waals surface area contributed by atoms with Crippen LogP contribution in [0.25, 0.3) is 0 Å². The van der Waals surface area contributed by atoms with E-state index in [1.807, 2.05) is 6.92 Å². The van der Waals surface area contributed by atoms with Crippen molar-refractivity contribution in [3.63, 3.8) is 0 Å². The van der Waals surface area contributed by atoms with Crippen molar-refractivity contribution < 1.29 is 18.7 Å². The van der Waals surface area contributed by atoms with Gasteiger partial charge in [-0.3, -0.25) is 14.5 Å². The number of anilines is 1. The van der Waals surface area contributed by atoms with Crippen molar-refractivity contribution in [3.05, 3.63) is 54.3 Å². The summed E-state index contributed by atoms with van der Waals surface area (Å²) in [5, 5.41) is 2.59. The molecule has 1 saturated heterocycles. The van der Waals surface area contributed by atoms with Crippen molar-refractivity contribution in [2.24, 2.45) is 4.99 Å². The first kappa shape index (κ1) is 20.9. The van der Waals surface area contributed by atoms with Gasteiger partial charge in [-0.25, -0.2) is 9.38 Å². The van der Waals surface area contributed by atoms with E-state index in [9.17, 15) is 14.0 Å². The number of amidine groups is 1. The number of aliphatic imine (C=N–C) groups is 1. The van der Waals surface area contributed by atoms with Gasteiger partial charge in [0.25, 0.3) is 0 Å². The summed E-state index contributed by atoms with van der Waals surface area (Å²) in [6.45, 7) is 2.41. The molecule has 1 atom stereocenters. The molecule has 2 aromatic carbocycles. The standard InChI is InChI=1S/C21H22FN3O3S/c1-3-12-25-20(27)18(29-21(25)24-15-9-5-4-8-14(15)22)13-19(26)23-16-10-6-7-11-17(16)28-2/h4-11,18H,3,12-13H2,1-2H3,(H,23,26)/t18-/m1/s1. The smallest absolute Gasteiger partial charge is 0.242 e. The lowest BCUT2D eigenvalue weighted by Gasteiger charge is -2.15. The van der Waals surface area contributed by atoms with Crippen LogP contribution >= 0.6 is 11.8 Å². The number of hydrogen-bond donors (Lipinski definition) is 1. The summed E-state index contributed by atoms with van der Waals surface area (Å²) in [4.78, 5) is 31.2. The monoisotopic (exact) mass is 415 g/mol. The molecule has 2 amide bonds. The minimum atomic E-state index is -0.609. The average molecular weight is 415 g/mol. The predicted octanol–water partition coefficient (Wildman–Crippen LogP) is 4.20. The lowest BCUT2D eigenvalue weighted by Crippen LogP contribution is -2.34. The summed E-state index contributed by atoms with van der Waals surface area (Å²) in [6.07, 6.45) is 0.709. The van der Waals surface area contributed by atoms with Crippen LogP contribution in [0.1, 0.15) is 19.8 Å². The van der Waals surface area contributed by atoms with E-state index in [1.165, 1.54) is 29.8 Å². The van der Waals surface area contributed by atoms with E-state index in [1.54, 1.807) is 42.5 Å². The van der Waals surface area contributed by atoms with E-state index in [0.717, 1.165) is 6.42 Å². The highest BCUT2D eigenvalue weighted by Crippen LogP contribution is 2.33. The molecule has 2 aromatic rings. The van der Waals surface area contributed by atoms with Gasteiger partial charge in [0.05, 0.1) is 12.8 Å². The van der Waals surface area contributed by atoms with Crippen molar-refractivity contribution in [3.8, 4) is 5.75 Å². The summed E-state index contributed by atoms with van der Waals surface area (Å²) in [7, 11) is 1.52. The topological polar surface area (TPSA) is 71.0 Å². The highest BCUT2D eigenvalue weighted by Gasteiger charge is 2.38. The third-order valence-electron chi connectivity index (χ3n) is 4.29. The minimum Gasteiger partial charge on any atom is -0.495 e. The zero-order valence-corrected chi connectivity index (χ0v) is 17.0. The van der Waals surface area contributed by atoms with Gasteiger partial charge in [-0.1, -0.05) is 43.0 Å². The first-order valence-electron chi connectivity index (χ1n) is 9.27.